The number of hydrogen-bond donors (Lipinski definition) is 1. The van der Waals surface area contributed by atoms with Gasteiger partial charge in [-0.1, -0.05) is 60.3 Å². The molecule has 156 valence electrons. The number of benzene rings is 3. The Morgan fingerprint density at radius 3 is 2.29 bits per heavy atom. The van der Waals surface area contributed by atoms with Gasteiger partial charge in [0.2, 0.25) is 5.91 Å². The minimum absolute atomic E-state index is 0.0631. The average Bonchev–Trinajstić information content (AvgIpc) is 3.23. The maximum Gasteiger partial charge on any atom is 0.230 e. The van der Waals surface area contributed by atoms with Gasteiger partial charge in [-0.15, -0.1) is 10.2 Å². The van der Waals surface area contributed by atoms with Crippen LogP contribution >= 0.6 is 11.8 Å². The molecule has 1 aromatic heterocycles. The van der Waals surface area contributed by atoms with Crippen molar-refractivity contribution in [2.24, 2.45) is 0 Å². The number of carbonyl (C=O) groups is 1. The van der Waals surface area contributed by atoms with E-state index in [1.54, 1.807) is 12.1 Å². The Labute approximate surface area is 184 Å². The largest absolute Gasteiger partial charge is 0.355 e. The highest BCUT2D eigenvalue weighted by atomic mass is 32.2. The van der Waals surface area contributed by atoms with Crippen LogP contribution in [0.25, 0.3) is 17.1 Å². The van der Waals surface area contributed by atoms with Crippen LogP contribution in [0.1, 0.15) is 5.56 Å². The second-order valence-corrected chi connectivity index (χ2v) is 7.80. The van der Waals surface area contributed by atoms with Gasteiger partial charge in [-0.2, -0.15) is 0 Å². The van der Waals surface area contributed by atoms with Crippen LogP contribution in [-0.2, 0) is 11.2 Å². The lowest BCUT2D eigenvalue weighted by Crippen LogP contribution is -2.27. The third kappa shape index (κ3) is 5.38. The minimum atomic E-state index is -0.309. The number of hydrogen-bond acceptors (Lipinski definition) is 4. The summed E-state index contributed by atoms with van der Waals surface area (Å²) in [6.45, 7) is 0.579. The topological polar surface area (TPSA) is 59.8 Å². The van der Waals surface area contributed by atoms with Crippen LogP contribution in [-0.4, -0.2) is 33.0 Å². The first-order valence-electron chi connectivity index (χ1n) is 9.91. The van der Waals surface area contributed by atoms with Gasteiger partial charge in [-0.3, -0.25) is 9.36 Å². The maximum absolute atomic E-state index is 13.4. The zero-order chi connectivity index (χ0) is 21.5. The van der Waals surface area contributed by atoms with Crippen molar-refractivity contribution in [3.8, 4) is 17.1 Å². The van der Waals surface area contributed by atoms with E-state index in [0.29, 0.717) is 17.5 Å². The molecule has 0 saturated heterocycles. The smallest absolute Gasteiger partial charge is 0.230 e. The van der Waals surface area contributed by atoms with Crippen LogP contribution in [0.15, 0.2) is 90.1 Å². The summed E-state index contributed by atoms with van der Waals surface area (Å²) in [6, 6.07) is 25.8. The number of halogens is 1. The predicted molar refractivity (Wildman–Crippen MR) is 121 cm³/mol. The molecule has 4 rings (SSSR count). The number of amides is 1. The summed E-state index contributed by atoms with van der Waals surface area (Å²) in [5.74, 6) is 0.449. The van der Waals surface area contributed by atoms with E-state index in [4.69, 9.17) is 0 Å². The third-order valence-corrected chi connectivity index (χ3v) is 5.59. The van der Waals surface area contributed by atoms with Gasteiger partial charge in [0, 0.05) is 17.8 Å². The standard InChI is InChI=1S/C24H21FN4OS/c25-20-13-11-19(12-14-20)23-27-28-24(29(23)21-9-5-2-6-10-21)31-17-22(30)26-16-15-18-7-3-1-4-8-18/h1-14H,15-17H2,(H,26,30). The van der Waals surface area contributed by atoms with Crippen molar-refractivity contribution >= 4 is 17.7 Å². The summed E-state index contributed by atoms with van der Waals surface area (Å²) in [6.07, 6.45) is 0.784. The monoisotopic (exact) mass is 432 g/mol. The van der Waals surface area contributed by atoms with Gasteiger partial charge in [0.25, 0.3) is 0 Å². The van der Waals surface area contributed by atoms with Crippen molar-refractivity contribution in [3.63, 3.8) is 0 Å². The fourth-order valence-electron chi connectivity index (χ4n) is 3.13. The summed E-state index contributed by atoms with van der Waals surface area (Å²) in [4.78, 5) is 12.3. The number of nitrogens with one attached hydrogen (secondary N) is 1. The first-order chi connectivity index (χ1) is 15.2. The number of nitrogens with zero attached hydrogens (tertiary/aromatic N) is 3. The van der Waals surface area contributed by atoms with E-state index in [2.05, 4.69) is 15.5 Å². The molecule has 0 fully saturated rings. The minimum Gasteiger partial charge on any atom is -0.355 e. The molecule has 0 aliphatic heterocycles. The van der Waals surface area contributed by atoms with Crippen molar-refractivity contribution in [2.45, 2.75) is 11.6 Å². The molecule has 0 radical (unpaired) electrons. The van der Waals surface area contributed by atoms with E-state index in [0.717, 1.165) is 17.7 Å². The van der Waals surface area contributed by atoms with Crippen molar-refractivity contribution in [3.05, 3.63) is 96.3 Å². The van der Waals surface area contributed by atoms with Gasteiger partial charge in [0.05, 0.1) is 5.75 Å². The fourth-order valence-corrected chi connectivity index (χ4v) is 3.91. The molecule has 0 aliphatic carbocycles. The van der Waals surface area contributed by atoms with Gasteiger partial charge in [0.15, 0.2) is 11.0 Å². The van der Waals surface area contributed by atoms with Crippen LogP contribution in [0.4, 0.5) is 4.39 Å². The number of thioether (sulfide) groups is 1. The second kappa shape index (κ2) is 10.0. The Morgan fingerprint density at radius 1 is 0.903 bits per heavy atom. The highest BCUT2D eigenvalue weighted by Crippen LogP contribution is 2.28. The quantitative estimate of drug-likeness (QED) is 0.416. The fraction of sp³-hybridized carbons (Fsp3) is 0.125. The molecular formula is C24H21FN4OS. The van der Waals surface area contributed by atoms with E-state index in [1.165, 1.54) is 29.5 Å². The van der Waals surface area contributed by atoms with Crippen LogP contribution < -0.4 is 5.32 Å². The van der Waals surface area contributed by atoms with Crippen LogP contribution in [0.3, 0.4) is 0 Å². The van der Waals surface area contributed by atoms with Crippen molar-refractivity contribution < 1.29 is 9.18 Å². The number of rotatable bonds is 8. The highest BCUT2D eigenvalue weighted by molar-refractivity contribution is 7.99. The Bertz CT molecular complexity index is 1130. The van der Waals surface area contributed by atoms with Crippen LogP contribution in [0, 0.1) is 5.82 Å². The predicted octanol–water partition coefficient (Wildman–Crippen LogP) is 4.52. The molecule has 5 nitrogen and oxygen atoms in total. The first-order valence-corrected chi connectivity index (χ1v) is 10.9. The van der Waals surface area contributed by atoms with Crippen molar-refractivity contribution in [2.75, 3.05) is 12.3 Å². The Morgan fingerprint density at radius 2 is 1.58 bits per heavy atom. The Hall–Kier alpha value is -3.45. The normalized spacial score (nSPS) is 10.7. The van der Waals surface area contributed by atoms with Crippen LogP contribution in [0.5, 0.6) is 0 Å². The summed E-state index contributed by atoms with van der Waals surface area (Å²) in [5.41, 5.74) is 2.80. The summed E-state index contributed by atoms with van der Waals surface area (Å²) in [5, 5.41) is 12.2. The van der Waals surface area contributed by atoms with E-state index < -0.39 is 0 Å². The number of aromatic nitrogens is 3. The van der Waals surface area contributed by atoms with Gasteiger partial charge in [0.1, 0.15) is 5.82 Å². The summed E-state index contributed by atoms with van der Waals surface area (Å²) >= 11 is 1.32. The first kappa shape index (κ1) is 20.8. The molecule has 0 spiro atoms. The Balaban J connectivity index is 1.46. The molecule has 0 saturated carbocycles. The molecule has 1 amide bonds. The van der Waals surface area contributed by atoms with Gasteiger partial charge >= 0.3 is 0 Å². The van der Waals surface area contributed by atoms with Gasteiger partial charge < -0.3 is 5.32 Å². The van der Waals surface area contributed by atoms with Crippen molar-refractivity contribution in [1.82, 2.24) is 20.1 Å². The lowest BCUT2D eigenvalue weighted by Gasteiger charge is -2.10. The zero-order valence-electron chi connectivity index (χ0n) is 16.7. The van der Waals surface area contributed by atoms with E-state index >= 15 is 0 Å². The van der Waals surface area contributed by atoms with Gasteiger partial charge in [-0.25, -0.2) is 4.39 Å². The molecular weight excluding hydrogens is 411 g/mol. The molecule has 1 N–H and O–H groups in total. The zero-order valence-corrected chi connectivity index (χ0v) is 17.6. The van der Waals surface area contributed by atoms with Gasteiger partial charge in [-0.05, 0) is 48.4 Å². The lowest BCUT2D eigenvalue weighted by molar-refractivity contribution is -0.118. The van der Waals surface area contributed by atoms with E-state index in [1.807, 2.05) is 65.2 Å². The molecule has 0 aliphatic rings. The Kier molecular flexibility index (Phi) is 6.74. The number of para-hydroxylation sites is 1. The molecule has 4 aromatic rings. The second-order valence-electron chi connectivity index (χ2n) is 6.86. The van der Waals surface area contributed by atoms with Crippen molar-refractivity contribution in [1.29, 1.82) is 0 Å². The number of carbonyl (C=O) groups excluding carboxylic acids is 1. The van der Waals surface area contributed by atoms with E-state index in [-0.39, 0.29) is 17.5 Å². The SMILES string of the molecule is O=C(CSc1nnc(-c2ccc(F)cc2)n1-c1ccccc1)NCCc1ccccc1. The molecule has 7 heteroatoms. The third-order valence-electron chi connectivity index (χ3n) is 4.66. The molecule has 0 atom stereocenters. The molecule has 0 bridgehead atoms. The maximum atomic E-state index is 13.4. The highest BCUT2D eigenvalue weighted by Gasteiger charge is 2.17. The molecule has 3 aromatic carbocycles. The molecule has 1 heterocycles. The molecule has 31 heavy (non-hydrogen) atoms. The van der Waals surface area contributed by atoms with E-state index in [9.17, 15) is 9.18 Å². The molecule has 0 unspecified atom stereocenters. The average molecular weight is 433 g/mol. The van der Waals surface area contributed by atoms with Crippen LogP contribution in [0.2, 0.25) is 0 Å². The lowest BCUT2D eigenvalue weighted by atomic mass is 10.1. The summed E-state index contributed by atoms with van der Waals surface area (Å²) < 4.78 is 15.2. The summed E-state index contributed by atoms with van der Waals surface area (Å²) in [7, 11) is 0.